The van der Waals surface area contributed by atoms with Crippen LogP contribution in [0, 0.1) is 12.8 Å². The third kappa shape index (κ3) is 3.76. The van der Waals surface area contributed by atoms with Gasteiger partial charge < -0.3 is 5.32 Å². The molecule has 1 heterocycles. The molecule has 1 rings (SSSR count). The molecule has 14 heavy (non-hydrogen) atoms. The zero-order chi connectivity index (χ0) is 10.6. The zero-order valence-electron chi connectivity index (χ0n) is 9.50. The van der Waals surface area contributed by atoms with Gasteiger partial charge in [-0.3, -0.25) is 0 Å². The Balaban J connectivity index is 2.32. The van der Waals surface area contributed by atoms with Gasteiger partial charge in [0.05, 0.1) is 6.04 Å². The van der Waals surface area contributed by atoms with Crippen molar-refractivity contribution in [2.45, 2.75) is 40.2 Å². The van der Waals surface area contributed by atoms with Gasteiger partial charge in [-0.1, -0.05) is 13.8 Å². The SMILES string of the molecule is Cc1csc(C(C)NCCC(C)C)n1. The fraction of sp³-hybridized carbons (Fsp3) is 0.727. The van der Waals surface area contributed by atoms with Crippen LogP contribution < -0.4 is 5.32 Å². The summed E-state index contributed by atoms with van der Waals surface area (Å²) in [7, 11) is 0. The molecule has 0 aliphatic carbocycles. The van der Waals surface area contributed by atoms with Gasteiger partial charge in [-0.05, 0) is 32.7 Å². The van der Waals surface area contributed by atoms with Crippen molar-refractivity contribution >= 4 is 11.3 Å². The summed E-state index contributed by atoms with van der Waals surface area (Å²) < 4.78 is 0. The Hall–Kier alpha value is -0.410. The van der Waals surface area contributed by atoms with E-state index in [1.54, 1.807) is 11.3 Å². The molecular formula is C11H20N2S. The van der Waals surface area contributed by atoms with Crippen LogP contribution in [-0.4, -0.2) is 11.5 Å². The fourth-order valence-electron chi connectivity index (χ4n) is 1.25. The first kappa shape index (κ1) is 11.7. The molecule has 0 amide bonds. The minimum Gasteiger partial charge on any atom is -0.308 e. The number of aromatic nitrogens is 1. The molecule has 2 nitrogen and oxygen atoms in total. The molecule has 0 fully saturated rings. The van der Waals surface area contributed by atoms with Crippen LogP contribution in [0.3, 0.4) is 0 Å². The van der Waals surface area contributed by atoms with Gasteiger partial charge in [-0.2, -0.15) is 0 Å². The van der Waals surface area contributed by atoms with Crippen LogP contribution in [-0.2, 0) is 0 Å². The molecule has 1 aromatic rings. The Labute approximate surface area is 90.8 Å². The maximum absolute atomic E-state index is 4.46. The van der Waals surface area contributed by atoms with Gasteiger partial charge >= 0.3 is 0 Å². The smallest absolute Gasteiger partial charge is 0.110 e. The molecular weight excluding hydrogens is 192 g/mol. The molecule has 0 aliphatic heterocycles. The number of hydrogen-bond acceptors (Lipinski definition) is 3. The summed E-state index contributed by atoms with van der Waals surface area (Å²) in [6, 6.07) is 0.396. The summed E-state index contributed by atoms with van der Waals surface area (Å²) >= 11 is 1.74. The lowest BCUT2D eigenvalue weighted by atomic mass is 10.1. The highest BCUT2D eigenvalue weighted by atomic mass is 32.1. The summed E-state index contributed by atoms with van der Waals surface area (Å²) in [6.45, 7) is 9.80. The third-order valence-corrected chi connectivity index (χ3v) is 3.32. The second-order valence-electron chi connectivity index (χ2n) is 4.19. The van der Waals surface area contributed by atoms with E-state index in [2.05, 4.69) is 36.5 Å². The zero-order valence-corrected chi connectivity index (χ0v) is 10.3. The summed E-state index contributed by atoms with van der Waals surface area (Å²) in [6.07, 6.45) is 1.23. The molecule has 0 radical (unpaired) electrons. The average molecular weight is 212 g/mol. The highest BCUT2D eigenvalue weighted by molar-refractivity contribution is 7.09. The largest absolute Gasteiger partial charge is 0.308 e. The van der Waals surface area contributed by atoms with E-state index in [4.69, 9.17) is 0 Å². The van der Waals surface area contributed by atoms with E-state index < -0.39 is 0 Å². The van der Waals surface area contributed by atoms with Crippen LogP contribution in [0.2, 0.25) is 0 Å². The topological polar surface area (TPSA) is 24.9 Å². The molecule has 0 aliphatic rings. The van der Waals surface area contributed by atoms with Crippen molar-refractivity contribution in [3.05, 3.63) is 16.1 Å². The van der Waals surface area contributed by atoms with Crippen LogP contribution in [0.5, 0.6) is 0 Å². The van der Waals surface area contributed by atoms with Crippen molar-refractivity contribution in [1.82, 2.24) is 10.3 Å². The van der Waals surface area contributed by atoms with Gasteiger partial charge in [0.1, 0.15) is 5.01 Å². The van der Waals surface area contributed by atoms with E-state index in [9.17, 15) is 0 Å². The summed E-state index contributed by atoms with van der Waals surface area (Å²) in [5, 5.41) is 6.80. The van der Waals surface area contributed by atoms with Crippen LogP contribution in [0.1, 0.15) is 43.9 Å². The lowest BCUT2D eigenvalue weighted by molar-refractivity contribution is 0.496. The van der Waals surface area contributed by atoms with Crippen LogP contribution in [0.4, 0.5) is 0 Å². The number of thiazole rings is 1. The first-order valence-electron chi connectivity index (χ1n) is 5.25. The Morgan fingerprint density at radius 1 is 1.43 bits per heavy atom. The third-order valence-electron chi connectivity index (χ3n) is 2.18. The van der Waals surface area contributed by atoms with E-state index in [-0.39, 0.29) is 0 Å². The van der Waals surface area contributed by atoms with E-state index in [1.165, 1.54) is 11.4 Å². The Bertz CT molecular complexity index is 268. The predicted octanol–water partition coefficient (Wildman–Crippen LogP) is 3.15. The maximum atomic E-state index is 4.46. The van der Waals surface area contributed by atoms with E-state index in [1.807, 2.05) is 6.92 Å². The lowest BCUT2D eigenvalue weighted by Gasteiger charge is -2.11. The van der Waals surface area contributed by atoms with Gasteiger partial charge in [0, 0.05) is 11.1 Å². The quantitative estimate of drug-likeness (QED) is 0.811. The Morgan fingerprint density at radius 2 is 2.14 bits per heavy atom. The van der Waals surface area contributed by atoms with E-state index in [0.717, 1.165) is 18.2 Å². The monoisotopic (exact) mass is 212 g/mol. The van der Waals surface area contributed by atoms with Gasteiger partial charge in [-0.25, -0.2) is 4.98 Å². The Morgan fingerprint density at radius 3 is 2.64 bits per heavy atom. The maximum Gasteiger partial charge on any atom is 0.110 e. The standard InChI is InChI=1S/C11H20N2S/c1-8(2)5-6-12-10(4)11-13-9(3)7-14-11/h7-8,10,12H,5-6H2,1-4H3. The molecule has 80 valence electrons. The highest BCUT2D eigenvalue weighted by Crippen LogP contribution is 2.17. The van der Waals surface area contributed by atoms with Crippen LogP contribution in [0.15, 0.2) is 5.38 Å². The molecule has 1 aromatic heterocycles. The summed E-state index contributed by atoms with van der Waals surface area (Å²) in [5.41, 5.74) is 1.13. The number of rotatable bonds is 5. The summed E-state index contributed by atoms with van der Waals surface area (Å²) in [5.74, 6) is 0.771. The second kappa shape index (κ2) is 5.47. The molecule has 1 unspecified atom stereocenters. The molecule has 3 heteroatoms. The minimum atomic E-state index is 0.396. The van der Waals surface area contributed by atoms with E-state index in [0.29, 0.717) is 6.04 Å². The van der Waals surface area contributed by atoms with Crippen molar-refractivity contribution in [3.8, 4) is 0 Å². The molecule has 0 saturated carbocycles. The molecule has 1 atom stereocenters. The lowest BCUT2D eigenvalue weighted by Crippen LogP contribution is -2.20. The van der Waals surface area contributed by atoms with Crippen LogP contribution >= 0.6 is 11.3 Å². The van der Waals surface area contributed by atoms with Crippen LogP contribution in [0.25, 0.3) is 0 Å². The van der Waals surface area contributed by atoms with Crippen molar-refractivity contribution in [2.75, 3.05) is 6.54 Å². The van der Waals surface area contributed by atoms with Crippen molar-refractivity contribution in [2.24, 2.45) is 5.92 Å². The second-order valence-corrected chi connectivity index (χ2v) is 5.08. The first-order valence-corrected chi connectivity index (χ1v) is 6.13. The summed E-state index contributed by atoms with van der Waals surface area (Å²) in [4.78, 5) is 4.46. The predicted molar refractivity (Wildman–Crippen MR) is 62.7 cm³/mol. The molecule has 0 spiro atoms. The average Bonchev–Trinajstić information content (AvgIpc) is 2.51. The number of aryl methyl sites for hydroxylation is 1. The molecule has 0 aromatic carbocycles. The molecule has 0 saturated heterocycles. The van der Waals surface area contributed by atoms with Gasteiger partial charge in [0.15, 0.2) is 0 Å². The minimum absolute atomic E-state index is 0.396. The highest BCUT2D eigenvalue weighted by Gasteiger charge is 2.08. The number of hydrogen-bond donors (Lipinski definition) is 1. The first-order chi connectivity index (χ1) is 6.59. The Kier molecular flexibility index (Phi) is 4.55. The number of nitrogens with zero attached hydrogens (tertiary/aromatic N) is 1. The fourth-order valence-corrected chi connectivity index (χ4v) is 2.08. The van der Waals surface area contributed by atoms with Crippen molar-refractivity contribution in [1.29, 1.82) is 0 Å². The van der Waals surface area contributed by atoms with E-state index >= 15 is 0 Å². The van der Waals surface area contributed by atoms with Gasteiger partial charge in [0.2, 0.25) is 0 Å². The van der Waals surface area contributed by atoms with Crippen molar-refractivity contribution in [3.63, 3.8) is 0 Å². The molecule has 1 N–H and O–H groups in total. The number of nitrogens with one attached hydrogen (secondary N) is 1. The van der Waals surface area contributed by atoms with Crippen molar-refractivity contribution < 1.29 is 0 Å². The van der Waals surface area contributed by atoms with Gasteiger partial charge in [-0.15, -0.1) is 11.3 Å². The molecule has 0 bridgehead atoms. The normalized spacial score (nSPS) is 13.5. The van der Waals surface area contributed by atoms with Gasteiger partial charge in [0.25, 0.3) is 0 Å².